The van der Waals surface area contributed by atoms with Crippen LogP contribution < -0.4 is 10.6 Å². The molecular weight excluding hydrogens is 251 g/mol. The number of halogens is 2. The molecule has 1 aromatic carbocycles. The van der Waals surface area contributed by atoms with E-state index in [0.717, 1.165) is 0 Å². The van der Waals surface area contributed by atoms with Crippen LogP contribution in [-0.4, -0.2) is 11.9 Å². The number of benzene rings is 1. The monoisotopic (exact) mass is 260 g/mol. The number of rotatable bonds is 2. The van der Waals surface area contributed by atoms with Crippen molar-refractivity contribution in [2.24, 2.45) is 0 Å². The van der Waals surface area contributed by atoms with Gasteiger partial charge in [-0.1, -0.05) is 30.1 Å². The molecule has 0 aliphatic carbocycles. The molecule has 0 heterocycles. The summed E-state index contributed by atoms with van der Waals surface area (Å²) in [4.78, 5) is 22.2. The van der Waals surface area contributed by atoms with E-state index in [9.17, 15) is 9.59 Å². The zero-order valence-corrected chi connectivity index (χ0v) is 10.0. The number of amides is 3. The highest BCUT2D eigenvalue weighted by Gasteiger charge is 2.06. The van der Waals surface area contributed by atoms with Crippen molar-refractivity contribution in [2.45, 2.75) is 13.3 Å². The molecule has 3 amide bonds. The summed E-state index contributed by atoms with van der Waals surface area (Å²) >= 11 is 11.5. The van der Waals surface area contributed by atoms with Crippen LogP contribution in [0.4, 0.5) is 10.5 Å². The maximum Gasteiger partial charge on any atom is 0.325 e. The molecule has 4 nitrogen and oxygen atoms in total. The molecule has 0 aromatic heterocycles. The Labute approximate surface area is 103 Å². The Kier molecular flexibility index (Phi) is 4.58. The van der Waals surface area contributed by atoms with Crippen LogP contribution >= 0.6 is 23.2 Å². The first kappa shape index (κ1) is 12.8. The molecule has 2 N–H and O–H groups in total. The number of carbonyl (C=O) groups excluding carboxylic acids is 2. The summed E-state index contributed by atoms with van der Waals surface area (Å²) in [6.07, 6.45) is 0.245. The summed E-state index contributed by atoms with van der Waals surface area (Å²) < 4.78 is 0. The van der Waals surface area contributed by atoms with Gasteiger partial charge in [0.1, 0.15) is 0 Å². The van der Waals surface area contributed by atoms with Gasteiger partial charge in [-0.05, 0) is 18.2 Å². The van der Waals surface area contributed by atoms with E-state index < -0.39 is 6.03 Å². The highest BCUT2D eigenvalue weighted by Crippen LogP contribution is 2.24. The van der Waals surface area contributed by atoms with E-state index in [1.54, 1.807) is 19.1 Å². The third-order valence-electron chi connectivity index (χ3n) is 1.75. The molecule has 1 aromatic rings. The Morgan fingerprint density at radius 3 is 2.50 bits per heavy atom. The first-order valence-corrected chi connectivity index (χ1v) is 5.34. The van der Waals surface area contributed by atoms with Crippen molar-refractivity contribution < 1.29 is 9.59 Å². The lowest BCUT2D eigenvalue weighted by atomic mass is 10.3. The highest BCUT2D eigenvalue weighted by atomic mass is 35.5. The Morgan fingerprint density at radius 2 is 1.94 bits per heavy atom. The van der Waals surface area contributed by atoms with Crippen LogP contribution in [0.25, 0.3) is 0 Å². The fourth-order valence-corrected chi connectivity index (χ4v) is 1.25. The van der Waals surface area contributed by atoms with Crippen LogP contribution in [0.1, 0.15) is 13.3 Å². The molecule has 0 radical (unpaired) electrons. The number of urea groups is 1. The number of hydrogen-bond donors (Lipinski definition) is 2. The Balaban J connectivity index is 2.63. The minimum Gasteiger partial charge on any atom is -0.308 e. The maximum atomic E-state index is 11.3. The summed E-state index contributed by atoms with van der Waals surface area (Å²) in [5.74, 6) is -0.349. The predicted octanol–water partition coefficient (Wildman–Crippen LogP) is 3.05. The van der Waals surface area contributed by atoms with Crippen molar-refractivity contribution in [1.29, 1.82) is 0 Å². The topological polar surface area (TPSA) is 58.2 Å². The van der Waals surface area contributed by atoms with E-state index in [4.69, 9.17) is 23.2 Å². The molecule has 0 spiro atoms. The van der Waals surface area contributed by atoms with Gasteiger partial charge in [0.05, 0.1) is 10.0 Å². The Morgan fingerprint density at radius 1 is 1.25 bits per heavy atom. The molecule has 0 aliphatic rings. The van der Waals surface area contributed by atoms with Gasteiger partial charge in [-0.3, -0.25) is 10.1 Å². The van der Waals surface area contributed by atoms with Crippen molar-refractivity contribution in [3.8, 4) is 0 Å². The molecule has 16 heavy (non-hydrogen) atoms. The number of nitrogens with one attached hydrogen (secondary N) is 2. The van der Waals surface area contributed by atoms with Crippen molar-refractivity contribution in [3.63, 3.8) is 0 Å². The third kappa shape index (κ3) is 3.72. The Bertz CT molecular complexity index is 421. The first-order valence-electron chi connectivity index (χ1n) is 4.58. The molecule has 0 atom stereocenters. The van der Waals surface area contributed by atoms with E-state index in [0.29, 0.717) is 15.7 Å². The number of hydrogen-bond acceptors (Lipinski definition) is 2. The van der Waals surface area contributed by atoms with Gasteiger partial charge < -0.3 is 5.32 Å². The van der Waals surface area contributed by atoms with Crippen LogP contribution in [0.15, 0.2) is 18.2 Å². The molecule has 0 bridgehead atoms. The van der Waals surface area contributed by atoms with E-state index in [-0.39, 0.29) is 12.3 Å². The highest BCUT2D eigenvalue weighted by molar-refractivity contribution is 6.42. The van der Waals surface area contributed by atoms with Crippen LogP contribution in [-0.2, 0) is 4.79 Å². The van der Waals surface area contributed by atoms with Crippen molar-refractivity contribution in [3.05, 3.63) is 28.2 Å². The SMILES string of the molecule is CCC(=O)NC(=O)Nc1ccc(Cl)c(Cl)c1. The van der Waals surface area contributed by atoms with Gasteiger partial charge in [0.2, 0.25) is 5.91 Å². The summed E-state index contributed by atoms with van der Waals surface area (Å²) in [5, 5.41) is 5.34. The molecule has 0 saturated carbocycles. The van der Waals surface area contributed by atoms with Crippen molar-refractivity contribution in [2.75, 3.05) is 5.32 Å². The first-order chi connectivity index (χ1) is 7.52. The van der Waals surface area contributed by atoms with Crippen LogP contribution in [0.2, 0.25) is 10.0 Å². The van der Waals surface area contributed by atoms with E-state index in [1.165, 1.54) is 6.07 Å². The van der Waals surface area contributed by atoms with Crippen LogP contribution in [0.3, 0.4) is 0 Å². The summed E-state index contributed by atoms with van der Waals surface area (Å²) in [6, 6.07) is 4.05. The minimum atomic E-state index is -0.592. The van der Waals surface area contributed by atoms with E-state index in [1.807, 2.05) is 0 Å². The fourth-order valence-electron chi connectivity index (χ4n) is 0.951. The van der Waals surface area contributed by atoms with Gasteiger partial charge >= 0.3 is 6.03 Å². The van der Waals surface area contributed by atoms with Crippen LogP contribution in [0.5, 0.6) is 0 Å². The predicted molar refractivity (Wildman–Crippen MR) is 63.9 cm³/mol. The number of anilines is 1. The van der Waals surface area contributed by atoms with Gasteiger partial charge in [0.15, 0.2) is 0 Å². The normalized spacial score (nSPS) is 9.69. The smallest absolute Gasteiger partial charge is 0.308 e. The number of imide groups is 1. The van der Waals surface area contributed by atoms with Gasteiger partial charge in [0.25, 0.3) is 0 Å². The summed E-state index contributed by atoms with van der Waals surface area (Å²) in [7, 11) is 0. The molecule has 86 valence electrons. The van der Waals surface area contributed by atoms with Gasteiger partial charge in [-0.15, -0.1) is 0 Å². The zero-order valence-electron chi connectivity index (χ0n) is 8.51. The van der Waals surface area contributed by atoms with Crippen molar-refractivity contribution in [1.82, 2.24) is 5.32 Å². The second kappa shape index (κ2) is 5.72. The average Bonchev–Trinajstić information content (AvgIpc) is 2.23. The largest absolute Gasteiger partial charge is 0.325 e. The quantitative estimate of drug-likeness (QED) is 0.859. The van der Waals surface area contributed by atoms with Gasteiger partial charge in [-0.2, -0.15) is 0 Å². The zero-order chi connectivity index (χ0) is 12.1. The average molecular weight is 261 g/mol. The molecule has 6 heteroatoms. The Hall–Kier alpha value is -1.26. The lowest BCUT2D eigenvalue weighted by Gasteiger charge is -2.06. The standard InChI is InChI=1S/C10H10Cl2N2O2/c1-2-9(15)14-10(16)13-6-3-4-7(11)8(12)5-6/h3-5H,2H2,1H3,(H2,13,14,15,16). The van der Waals surface area contributed by atoms with Crippen molar-refractivity contribution >= 4 is 40.8 Å². The molecule has 0 aliphatic heterocycles. The summed E-state index contributed by atoms with van der Waals surface area (Å²) in [6.45, 7) is 1.65. The van der Waals surface area contributed by atoms with Gasteiger partial charge in [0, 0.05) is 12.1 Å². The molecular formula is C10H10Cl2N2O2. The van der Waals surface area contributed by atoms with E-state index in [2.05, 4.69) is 10.6 Å². The third-order valence-corrected chi connectivity index (χ3v) is 2.49. The molecule has 1 rings (SSSR count). The maximum absolute atomic E-state index is 11.3. The summed E-state index contributed by atoms with van der Waals surface area (Å²) in [5.41, 5.74) is 0.468. The second-order valence-electron chi connectivity index (χ2n) is 2.98. The van der Waals surface area contributed by atoms with E-state index >= 15 is 0 Å². The van der Waals surface area contributed by atoms with Gasteiger partial charge in [-0.25, -0.2) is 4.79 Å². The molecule has 0 saturated heterocycles. The van der Waals surface area contributed by atoms with Crippen LogP contribution in [0, 0.1) is 0 Å². The molecule has 0 unspecified atom stereocenters. The molecule has 0 fully saturated rings. The second-order valence-corrected chi connectivity index (χ2v) is 3.80. The minimum absolute atomic E-state index is 0.245. The fraction of sp³-hybridized carbons (Fsp3) is 0.200. The lowest BCUT2D eigenvalue weighted by Crippen LogP contribution is -2.33. The number of carbonyl (C=O) groups is 2. The lowest BCUT2D eigenvalue weighted by molar-refractivity contribution is -0.119.